The van der Waals surface area contributed by atoms with Gasteiger partial charge in [-0.15, -0.1) is 0 Å². The first-order valence-electron chi connectivity index (χ1n) is 5.86. The molecule has 16 heavy (non-hydrogen) atoms. The zero-order chi connectivity index (χ0) is 11.0. The van der Waals surface area contributed by atoms with Crippen LogP contribution in [0.5, 0.6) is 11.5 Å². The third kappa shape index (κ3) is 1.51. The van der Waals surface area contributed by atoms with Crippen LogP contribution >= 0.6 is 0 Å². The monoisotopic (exact) mass is 219 g/mol. The van der Waals surface area contributed by atoms with E-state index in [9.17, 15) is 0 Å². The van der Waals surface area contributed by atoms with E-state index in [1.807, 2.05) is 18.2 Å². The molecule has 1 heterocycles. The summed E-state index contributed by atoms with van der Waals surface area (Å²) >= 11 is 0. The molecule has 0 unspecified atom stereocenters. The minimum absolute atomic E-state index is 0.381. The van der Waals surface area contributed by atoms with Gasteiger partial charge in [0.25, 0.3) is 0 Å². The van der Waals surface area contributed by atoms with E-state index in [0.29, 0.717) is 5.41 Å². The van der Waals surface area contributed by atoms with E-state index in [4.69, 9.17) is 9.47 Å². The van der Waals surface area contributed by atoms with Gasteiger partial charge in [0.1, 0.15) is 11.5 Å². The minimum atomic E-state index is 0.381. The third-order valence-corrected chi connectivity index (χ3v) is 3.79. The van der Waals surface area contributed by atoms with Crippen molar-refractivity contribution in [3.05, 3.63) is 18.2 Å². The molecule has 0 amide bonds. The molecule has 3 rings (SSSR count). The molecule has 1 aliphatic carbocycles. The fourth-order valence-corrected chi connectivity index (χ4v) is 2.46. The molecule has 1 N–H and O–H groups in total. The first kappa shape index (κ1) is 9.82. The van der Waals surface area contributed by atoms with Crippen LogP contribution in [0.1, 0.15) is 19.3 Å². The second-order valence-electron chi connectivity index (χ2n) is 4.86. The average Bonchev–Trinajstić information content (AvgIpc) is 2.47. The number of hydrogen-bond acceptors (Lipinski definition) is 3. The molecule has 1 fully saturated rings. The minimum Gasteiger partial charge on any atom is -0.497 e. The molecule has 3 nitrogen and oxygen atoms in total. The summed E-state index contributed by atoms with van der Waals surface area (Å²) in [6.45, 7) is 1.87. The summed E-state index contributed by atoms with van der Waals surface area (Å²) in [4.78, 5) is 0. The number of benzene rings is 1. The molecular weight excluding hydrogens is 202 g/mol. The number of fused-ring (bicyclic) bond motifs is 1. The van der Waals surface area contributed by atoms with E-state index < -0.39 is 0 Å². The van der Waals surface area contributed by atoms with Crippen LogP contribution in [0.2, 0.25) is 0 Å². The normalized spacial score (nSPS) is 21.1. The van der Waals surface area contributed by atoms with Crippen molar-refractivity contribution in [3.63, 3.8) is 0 Å². The molecule has 1 aromatic rings. The fraction of sp³-hybridized carbons (Fsp3) is 0.538. The van der Waals surface area contributed by atoms with Gasteiger partial charge < -0.3 is 14.8 Å². The summed E-state index contributed by atoms with van der Waals surface area (Å²) < 4.78 is 11.1. The van der Waals surface area contributed by atoms with Crippen molar-refractivity contribution in [1.29, 1.82) is 0 Å². The van der Waals surface area contributed by atoms with Crippen molar-refractivity contribution in [1.82, 2.24) is 0 Å². The van der Waals surface area contributed by atoms with Gasteiger partial charge >= 0.3 is 0 Å². The molecule has 1 aromatic carbocycles. The molecule has 3 heteroatoms. The maximum atomic E-state index is 5.89. The lowest BCUT2D eigenvalue weighted by atomic mass is 9.69. The van der Waals surface area contributed by atoms with Crippen LogP contribution in [0, 0.1) is 5.41 Å². The predicted molar refractivity (Wildman–Crippen MR) is 63.3 cm³/mol. The summed E-state index contributed by atoms with van der Waals surface area (Å²) in [5.74, 6) is 1.82. The molecule has 0 radical (unpaired) electrons. The smallest absolute Gasteiger partial charge is 0.142 e. The summed E-state index contributed by atoms with van der Waals surface area (Å²) in [5, 5.41) is 3.49. The largest absolute Gasteiger partial charge is 0.497 e. The molecule has 86 valence electrons. The second kappa shape index (κ2) is 3.58. The fourth-order valence-electron chi connectivity index (χ4n) is 2.46. The van der Waals surface area contributed by atoms with Crippen LogP contribution in [0.25, 0.3) is 0 Å². The van der Waals surface area contributed by atoms with Crippen LogP contribution in [0.3, 0.4) is 0 Å². The Hall–Kier alpha value is -1.38. The van der Waals surface area contributed by atoms with Gasteiger partial charge in [0.05, 0.1) is 19.4 Å². The lowest BCUT2D eigenvalue weighted by Crippen LogP contribution is -2.40. The van der Waals surface area contributed by atoms with Gasteiger partial charge in [-0.3, -0.25) is 0 Å². The Kier molecular flexibility index (Phi) is 2.20. The van der Waals surface area contributed by atoms with Gasteiger partial charge in [-0.05, 0) is 25.0 Å². The highest BCUT2D eigenvalue weighted by Crippen LogP contribution is 2.44. The number of nitrogens with one attached hydrogen (secondary N) is 1. The molecule has 0 bridgehead atoms. The number of anilines is 1. The Labute approximate surface area is 95.8 Å². The zero-order valence-corrected chi connectivity index (χ0v) is 9.58. The summed E-state index contributed by atoms with van der Waals surface area (Å²) in [6.07, 6.45) is 3.90. The van der Waals surface area contributed by atoms with E-state index in [2.05, 4.69) is 5.32 Å². The molecule has 1 spiro atoms. The zero-order valence-electron chi connectivity index (χ0n) is 9.58. The predicted octanol–water partition coefficient (Wildman–Crippen LogP) is 2.67. The topological polar surface area (TPSA) is 30.5 Å². The summed E-state index contributed by atoms with van der Waals surface area (Å²) in [6, 6.07) is 5.94. The van der Waals surface area contributed by atoms with E-state index >= 15 is 0 Å². The molecule has 0 saturated heterocycles. The van der Waals surface area contributed by atoms with Crippen molar-refractivity contribution >= 4 is 5.69 Å². The quantitative estimate of drug-likeness (QED) is 0.787. The highest BCUT2D eigenvalue weighted by atomic mass is 16.5. The van der Waals surface area contributed by atoms with Gasteiger partial charge in [-0.1, -0.05) is 6.42 Å². The summed E-state index contributed by atoms with van der Waals surface area (Å²) in [5.41, 5.74) is 1.44. The van der Waals surface area contributed by atoms with E-state index in [-0.39, 0.29) is 0 Å². The Balaban J connectivity index is 1.85. The first-order chi connectivity index (χ1) is 7.81. The van der Waals surface area contributed by atoms with Crippen molar-refractivity contribution < 1.29 is 9.47 Å². The Morgan fingerprint density at radius 3 is 2.94 bits per heavy atom. The van der Waals surface area contributed by atoms with E-state index in [0.717, 1.165) is 30.3 Å². The van der Waals surface area contributed by atoms with Gasteiger partial charge in [0.15, 0.2) is 0 Å². The molecule has 0 aromatic heterocycles. The highest BCUT2D eigenvalue weighted by Gasteiger charge is 2.39. The Bertz CT molecular complexity index is 399. The average molecular weight is 219 g/mol. The first-order valence-corrected chi connectivity index (χ1v) is 5.86. The number of ether oxygens (including phenoxy) is 2. The van der Waals surface area contributed by atoms with Crippen LogP contribution in [0.15, 0.2) is 18.2 Å². The number of methoxy groups -OCH3 is 1. The number of rotatable bonds is 1. The Morgan fingerprint density at radius 2 is 2.25 bits per heavy atom. The maximum Gasteiger partial charge on any atom is 0.142 e. The van der Waals surface area contributed by atoms with Crippen molar-refractivity contribution in [2.24, 2.45) is 5.41 Å². The molecule has 2 aliphatic rings. The van der Waals surface area contributed by atoms with Gasteiger partial charge in [0, 0.05) is 18.0 Å². The standard InChI is InChI=1S/C13H17NO2/c1-15-10-3-4-12-11(7-10)14-8-13(9-16-12)5-2-6-13/h3-4,7,14H,2,5-6,8-9H2,1H3. The SMILES string of the molecule is COc1ccc2c(c1)NCC1(CCC1)CO2. The lowest BCUT2D eigenvalue weighted by molar-refractivity contribution is 0.0766. The molecule has 1 aliphatic heterocycles. The Morgan fingerprint density at radius 1 is 1.38 bits per heavy atom. The lowest BCUT2D eigenvalue weighted by Gasteiger charge is -2.40. The van der Waals surface area contributed by atoms with Crippen molar-refractivity contribution in [2.75, 3.05) is 25.6 Å². The maximum absolute atomic E-state index is 5.89. The highest BCUT2D eigenvalue weighted by molar-refractivity contribution is 5.60. The van der Waals surface area contributed by atoms with Crippen LogP contribution in [-0.4, -0.2) is 20.3 Å². The molecular formula is C13H17NO2. The third-order valence-electron chi connectivity index (χ3n) is 3.79. The van der Waals surface area contributed by atoms with Crippen LogP contribution < -0.4 is 14.8 Å². The van der Waals surface area contributed by atoms with Crippen molar-refractivity contribution in [3.8, 4) is 11.5 Å². The van der Waals surface area contributed by atoms with E-state index in [1.54, 1.807) is 7.11 Å². The molecule has 0 atom stereocenters. The second-order valence-corrected chi connectivity index (χ2v) is 4.86. The van der Waals surface area contributed by atoms with Gasteiger partial charge in [-0.25, -0.2) is 0 Å². The van der Waals surface area contributed by atoms with Crippen LogP contribution in [0.4, 0.5) is 5.69 Å². The number of hydrogen-bond donors (Lipinski definition) is 1. The van der Waals surface area contributed by atoms with E-state index in [1.165, 1.54) is 19.3 Å². The summed E-state index contributed by atoms with van der Waals surface area (Å²) in [7, 11) is 1.69. The van der Waals surface area contributed by atoms with Gasteiger partial charge in [0.2, 0.25) is 0 Å². The van der Waals surface area contributed by atoms with Crippen LogP contribution in [-0.2, 0) is 0 Å². The van der Waals surface area contributed by atoms with Crippen molar-refractivity contribution in [2.45, 2.75) is 19.3 Å². The van der Waals surface area contributed by atoms with Gasteiger partial charge in [-0.2, -0.15) is 0 Å². The molecule has 1 saturated carbocycles.